The van der Waals surface area contributed by atoms with Crippen molar-refractivity contribution >= 4 is 17.6 Å². The Balaban J connectivity index is 1.69. The highest BCUT2D eigenvalue weighted by molar-refractivity contribution is 5.91. The van der Waals surface area contributed by atoms with Gasteiger partial charge in [-0.15, -0.1) is 0 Å². The first-order valence-corrected chi connectivity index (χ1v) is 7.00. The highest BCUT2D eigenvalue weighted by Crippen LogP contribution is 2.13. The van der Waals surface area contributed by atoms with Crippen LogP contribution in [0.25, 0.3) is 0 Å². The predicted molar refractivity (Wildman–Crippen MR) is 84.0 cm³/mol. The standard InChI is InChI=1S/C16H19N3O3/c1-11-5-6-13(10-12(11)2)19-16(21)18-8-7-17-15(20)14-4-3-9-22-14/h3-6,9-10H,7-8H2,1-2H3,(H,17,20)(H2,18,19,21). The lowest BCUT2D eigenvalue weighted by atomic mass is 10.1. The van der Waals surface area contributed by atoms with E-state index in [1.807, 2.05) is 32.0 Å². The minimum Gasteiger partial charge on any atom is -0.459 e. The van der Waals surface area contributed by atoms with Crippen molar-refractivity contribution in [2.75, 3.05) is 18.4 Å². The van der Waals surface area contributed by atoms with Gasteiger partial charge in [-0.25, -0.2) is 4.79 Å². The van der Waals surface area contributed by atoms with E-state index in [2.05, 4.69) is 16.0 Å². The molecule has 22 heavy (non-hydrogen) atoms. The summed E-state index contributed by atoms with van der Waals surface area (Å²) in [4.78, 5) is 23.3. The molecule has 0 fully saturated rings. The van der Waals surface area contributed by atoms with E-state index in [0.29, 0.717) is 13.1 Å². The second-order valence-corrected chi connectivity index (χ2v) is 4.91. The Hall–Kier alpha value is -2.76. The fourth-order valence-electron chi connectivity index (χ4n) is 1.84. The maximum Gasteiger partial charge on any atom is 0.319 e. The van der Waals surface area contributed by atoms with Crippen LogP contribution in [0.1, 0.15) is 21.7 Å². The first-order chi connectivity index (χ1) is 10.6. The Labute approximate surface area is 128 Å². The second kappa shape index (κ2) is 7.31. The minimum atomic E-state index is -0.310. The van der Waals surface area contributed by atoms with Crippen molar-refractivity contribution in [3.63, 3.8) is 0 Å². The van der Waals surface area contributed by atoms with E-state index in [0.717, 1.165) is 11.3 Å². The van der Waals surface area contributed by atoms with Gasteiger partial charge in [-0.2, -0.15) is 0 Å². The Morgan fingerprint density at radius 1 is 1.05 bits per heavy atom. The first-order valence-electron chi connectivity index (χ1n) is 7.00. The highest BCUT2D eigenvalue weighted by Gasteiger charge is 2.07. The summed E-state index contributed by atoms with van der Waals surface area (Å²) < 4.78 is 4.96. The topological polar surface area (TPSA) is 83.4 Å². The fourth-order valence-corrected chi connectivity index (χ4v) is 1.84. The Morgan fingerprint density at radius 3 is 2.50 bits per heavy atom. The van der Waals surface area contributed by atoms with Gasteiger partial charge in [-0.05, 0) is 49.2 Å². The van der Waals surface area contributed by atoms with Gasteiger partial charge in [0, 0.05) is 18.8 Å². The molecule has 2 aromatic rings. The average molecular weight is 301 g/mol. The van der Waals surface area contributed by atoms with Crippen molar-refractivity contribution in [1.82, 2.24) is 10.6 Å². The summed E-state index contributed by atoms with van der Waals surface area (Å²) in [5.74, 6) is -0.0547. The van der Waals surface area contributed by atoms with Gasteiger partial charge in [0.05, 0.1) is 6.26 Å². The SMILES string of the molecule is Cc1ccc(NC(=O)NCCNC(=O)c2ccco2)cc1C. The number of furan rings is 1. The van der Waals surface area contributed by atoms with Crippen LogP contribution >= 0.6 is 0 Å². The molecule has 6 nitrogen and oxygen atoms in total. The summed E-state index contributed by atoms with van der Waals surface area (Å²) in [6, 6.07) is 8.62. The molecule has 0 saturated carbocycles. The number of carbonyl (C=O) groups is 2. The van der Waals surface area contributed by atoms with Gasteiger partial charge >= 0.3 is 6.03 Å². The number of amides is 3. The summed E-state index contributed by atoms with van der Waals surface area (Å²) in [5.41, 5.74) is 3.02. The molecular weight excluding hydrogens is 282 g/mol. The summed E-state index contributed by atoms with van der Waals surface area (Å²) in [5, 5.41) is 8.06. The number of benzene rings is 1. The zero-order valence-electron chi connectivity index (χ0n) is 12.6. The molecule has 0 aliphatic heterocycles. The van der Waals surface area contributed by atoms with Gasteiger partial charge in [0.25, 0.3) is 5.91 Å². The molecular formula is C16H19N3O3. The van der Waals surface area contributed by atoms with E-state index in [9.17, 15) is 9.59 Å². The van der Waals surface area contributed by atoms with Gasteiger partial charge < -0.3 is 20.4 Å². The third-order valence-electron chi connectivity index (χ3n) is 3.21. The normalized spacial score (nSPS) is 10.1. The summed E-state index contributed by atoms with van der Waals surface area (Å²) in [6.45, 7) is 4.65. The lowest BCUT2D eigenvalue weighted by Crippen LogP contribution is -2.36. The van der Waals surface area contributed by atoms with Crippen molar-refractivity contribution in [3.8, 4) is 0 Å². The largest absolute Gasteiger partial charge is 0.459 e. The highest BCUT2D eigenvalue weighted by atomic mass is 16.3. The summed E-state index contributed by atoms with van der Waals surface area (Å²) in [6.07, 6.45) is 1.43. The average Bonchev–Trinajstić information content (AvgIpc) is 3.01. The molecule has 0 saturated heterocycles. The summed E-state index contributed by atoms with van der Waals surface area (Å²) in [7, 11) is 0. The zero-order valence-corrected chi connectivity index (χ0v) is 12.6. The molecule has 116 valence electrons. The van der Waals surface area contributed by atoms with Gasteiger partial charge in [0.1, 0.15) is 0 Å². The second-order valence-electron chi connectivity index (χ2n) is 4.91. The molecule has 0 bridgehead atoms. The predicted octanol–water partition coefficient (Wildman–Crippen LogP) is 2.45. The summed E-state index contributed by atoms with van der Waals surface area (Å²) >= 11 is 0. The van der Waals surface area contributed by atoms with Crippen molar-refractivity contribution in [2.45, 2.75) is 13.8 Å². The van der Waals surface area contributed by atoms with Crippen molar-refractivity contribution < 1.29 is 14.0 Å². The van der Waals surface area contributed by atoms with E-state index in [1.165, 1.54) is 11.8 Å². The molecule has 0 atom stereocenters. The van der Waals surface area contributed by atoms with Crippen LogP contribution in [0.15, 0.2) is 41.0 Å². The van der Waals surface area contributed by atoms with E-state index in [4.69, 9.17) is 4.42 Å². The quantitative estimate of drug-likeness (QED) is 0.742. The van der Waals surface area contributed by atoms with Crippen LogP contribution in [0.4, 0.5) is 10.5 Å². The molecule has 0 radical (unpaired) electrons. The van der Waals surface area contributed by atoms with Crippen LogP contribution in [0.2, 0.25) is 0 Å². The molecule has 6 heteroatoms. The zero-order chi connectivity index (χ0) is 15.9. The Bertz CT molecular complexity index is 651. The van der Waals surface area contributed by atoms with E-state index >= 15 is 0 Å². The van der Waals surface area contributed by atoms with Crippen LogP contribution in [-0.2, 0) is 0 Å². The molecule has 3 amide bonds. The fraction of sp³-hybridized carbons (Fsp3) is 0.250. The van der Waals surface area contributed by atoms with Gasteiger partial charge in [0.2, 0.25) is 0 Å². The third-order valence-corrected chi connectivity index (χ3v) is 3.21. The van der Waals surface area contributed by atoms with Gasteiger partial charge in [0.15, 0.2) is 5.76 Å². The smallest absolute Gasteiger partial charge is 0.319 e. The molecule has 3 N–H and O–H groups in total. The molecule has 0 spiro atoms. The van der Waals surface area contributed by atoms with Crippen LogP contribution < -0.4 is 16.0 Å². The molecule has 1 aromatic heterocycles. The van der Waals surface area contributed by atoms with E-state index < -0.39 is 0 Å². The van der Waals surface area contributed by atoms with Crippen LogP contribution in [0.3, 0.4) is 0 Å². The lowest BCUT2D eigenvalue weighted by Gasteiger charge is -2.09. The Kier molecular flexibility index (Phi) is 5.19. The van der Waals surface area contributed by atoms with Crippen molar-refractivity contribution in [2.24, 2.45) is 0 Å². The lowest BCUT2D eigenvalue weighted by molar-refractivity contribution is 0.0926. The molecule has 0 unspecified atom stereocenters. The van der Waals surface area contributed by atoms with Crippen molar-refractivity contribution in [3.05, 3.63) is 53.5 Å². The van der Waals surface area contributed by atoms with Crippen LogP contribution in [0.5, 0.6) is 0 Å². The maximum absolute atomic E-state index is 11.7. The number of urea groups is 1. The minimum absolute atomic E-state index is 0.250. The molecule has 0 aliphatic rings. The first kappa shape index (κ1) is 15.6. The molecule has 2 rings (SSSR count). The van der Waals surface area contributed by atoms with Crippen molar-refractivity contribution in [1.29, 1.82) is 0 Å². The number of nitrogens with one attached hydrogen (secondary N) is 3. The number of aryl methyl sites for hydroxylation is 2. The van der Waals surface area contributed by atoms with Crippen LogP contribution in [0, 0.1) is 13.8 Å². The van der Waals surface area contributed by atoms with E-state index in [1.54, 1.807) is 12.1 Å². The number of hydrogen-bond acceptors (Lipinski definition) is 3. The van der Waals surface area contributed by atoms with Gasteiger partial charge in [-0.1, -0.05) is 6.07 Å². The van der Waals surface area contributed by atoms with E-state index in [-0.39, 0.29) is 17.7 Å². The molecule has 1 heterocycles. The Morgan fingerprint density at radius 2 is 1.82 bits per heavy atom. The number of hydrogen-bond donors (Lipinski definition) is 3. The monoisotopic (exact) mass is 301 g/mol. The number of carbonyl (C=O) groups excluding carboxylic acids is 2. The molecule has 0 aliphatic carbocycles. The number of rotatable bonds is 5. The van der Waals surface area contributed by atoms with Crippen LogP contribution in [-0.4, -0.2) is 25.0 Å². The number of anilines is 1. The third kappa shape index (κ3) is 4.37. The van der Waals surface area contributed by atoms with Gasteiger partial charge in [-0.3, -0.25) is 4.79 Å². The molecule has 1 aromatic carbocycles. The maximum atomic E-state index is 11.7.